The Kier molecular flexibility index (Phi) is 7.98. The first-order valence-electron chi connectivity index (χ1n) is 16.2. The molecule has 2 aliphatic carbocycles. The number of carbonyl (C=O) groups is 2. The van der Waals surface area contributed by atoms with Crippen molar-refractivity contribution in [1.29, 1.82) is 0 Å². The lowest BCUT2D eigenvalue weighted by Gasteiger charge is -2.25. The van der Waals surface area contributed by atoms with Gasteiger partial charge in [0.2, 0.25) is 0 Å². The van der Waals surface area contributed by atoms with E-state index in [1.54, 1.807) is 13.8 Å². The maximum absolute atomic E-state index is 12.3. The van der Waals surface area contributed by atoms with E-state index in [4.69, 9.17) is 19.4 Å². The Labute approximate surface area is 261 Å². The molecule has 0 bridgehead atoms. The molecule has 0 saturated heterocycles. The third kappa shape index (κ3) is 5.96. The minimum Gasteiger partial charge on any atom is -0.423 e. The molecule has 0 atom stereocenters. The second-order valence-electron chi connectivity index (χ2n) is 14.2. The molecular weight excluding hydrogens is 548 g/mol. The van der Waals surface area contributed by atoms with Crippen molar-refractivity contribution in [2.24, 2.45) is 10.8 Å². The van der Waals surface area contributed by atoms with Crippen LogP contribution in [0.2, 0.25) is 0 Å². The number of rotatable bonds is 7. The molecule has 0 spiro atoms. The Morgan fingerprint density at radius 1 is 0.614 bits per heavy atom. The van der Waals surface area contributed by atoms with Crippen LogP contribution in [-0.4, -0.2) is 21.9 Å². The van der Waals surface area contributed by atoms with Crippen molar-refractivity contribution in [1.82, 2.24) is 9.97 Å². The molecule has 2 saturated carbocycles. The van der Waals surface area contributed by atoms with Crippen LogP contribution in [-0.2, 0) is 31.9 Å². The van der Waals surface area contributed by atoms with E-state index in [2.05, 4.69) is 38.1 Å². The van der Waals surface area contributed by atoms with E-state index in [0.717, 1.165) is 57.9 Å². The van der Waals surface area contributed by atoms with Crippen LogP contribution in [0, 0.1) is 10.8 Å². The molecule has 44 heavy (non-hydrogen) atoms. The van der Waals surface area contributed by atoms with Crippen LogP contribution >= 0.6 is 0 Å². The zero-order chi connectivity index (χ0) is 31.2. The van der Waals surface area contributed by atoms with Gasteiger partial charge in [-0.15, -0.1) is 0 Å². The second-order valence-corrected chi connectivity index (χ2v) is 14.2. The summed E-state index contributed by atoms with van der Waals surface area (Å²) >= 11 is 0. The SMILES string of the molecule is CC1=C(C)/C(=C/c2nc(-c3ccc(CC4(C)CCCC4)c(/C=C4\OC(=O)C(C)=C4C)n3)ccc2CC2(C)CCCC2)OC1=O. The third-order valence-corrected chi connectivity index (χ3v) is 10.6. The van der Waals surface area contributed by atoms with Gasteiger partial charge < -0.3 is 9.47 Å². The second kappa shape index (κ2) is 11.6. The van der Waals surface area contributed by atoms with Crippen molar-refractivity contribution in [3.05, 3.63) is 80.6 Å². The summed E-state index contributed by atoms with van der Waals surface area (Å²) in [5.74, 6) is 0.531. The smallest absolute Gasteiger partial charge is 0.339 e. The molecule has 0 aromatic carbocycles. The number of cyclic esters (lactones) is 2. The van der Waals surface area contributed by atoms with Gasteiger partial charge >= 0.3 is 11.9 Å². The van der Waals surface area contributed by atoms with Gasteiger partial charge in [0.05, 0.1) is 22.8 Å². The Bertz CT molecular complexity index is 1540. The molecule has 2 aromatic heterocycles. The fraction of sp³-hybridized carbons (Fsp3) is 0.474. The number of ether oxygens (including phenoxy) is 2. The average Bonchev–Trinajstić information content (AvgIpc) is 3.74. The lowest BCUT2D eigenvalue weighted by Crippen LogP contribution is -2.16. The number of carbonyl (C=O) groups excluding carboxylic acids is 2. The van der Waals surface area contributed by atoms with Gasteiger partial charge in [0, 0.05) is 34.4 Å². The highest BCUT2D eigenvalue weighted by Crippen LogP contribution is 2.43. The molecule has 6 heteroatoms. The van der Waals surface area contributed by atoms with Gasteiger partial charge in [0.1, 0.15) is 11.5 Å². The first-order chi connectivity index (χ1) is 20.9. The molecule has 4 aliphatic rings. The summed E-state index contributed by atoms with van der Waals surface area (Å²) in [5, 5.41) is 0. The zero-order valence-electron chi connectivity index (χ0n) is 27.1. The molecule has 230 valence electrons. The number of hydrogen-bond donors (Lipinski definition) is 0. The Hall–Kier alpha value is -3.80. The molecule has 4 heterocycles. The van der Waals surface area contributed by atoms with E-state index < -0.39 is 0 Å². The van der Waals surface area contributed by atoms with E-state index in [1.165, 1.54) is 51.4 Å². The third-order valence-electron chi connectivity index (χ3n) is 10.6. The number of esters is 2. The van der Waals surface area contributed by atoms with Crippen molar-refractivity contribution in [2.75, 3.05) is 0 Å². The van der Waals surface area contributed by atoms with Crippen LogP contribution in [0.3, 0.4) is 0 Å². The molecule has 6 rings (SSSR count). The van der Waals surface area contributed by atoms with Crippen LogP contribution in [0.5, 0.6) is 0 Å². The normalized spacial score (nSPS) is 23.0. The topological polar surface area (TPSA) is 78.4 Å². The van der Waals surface area contributed by atoms with Gasteiger partial charge in [-0.05, 0) is 100 Å². The van der Waals surface area contributed by atoms with Gasteiger partial charge in [-0.2, -0.15) is 0 Å². The quantitative estimate of drug-likeness (QED) is 0.299. The number of aromatic nitrogens is 2. The van der Waals surface area contributed by atoms with Crippen molar-refractivity contribution in [3.8, 4) is 11.4 Å². The number of nitrogens with zero attached hydrogens (tertiary/aromatic N) is 2. The zero-order valence-corrected chi connectivity index (χ0v) is 27.1. The van der Waals surface area contributed by atoms with E-state index >= 15 is 0 Å². The monoisotopic (exact) mass is 592 g/mol. The summed E-state index contributed by atoms with van der Waals surface area (Å²) in [6.45, 7) is 12.2. The first kappa shape index (κ1) is 30.2. The summed E-state index contributed by atoms with van der Waals surface area (Å²) in [4.78, 5) is 34.9. The van der Waals surface area contributed by atoms with E-state index in [1.807, 2.05) is 26.0 Å². The van der Waals surface area contributed by atoms with Gasteiger partial charge in [-0.1, -0.05) is 51.7 Å². The average molecular weight is 593 g/mol. The summed E-state index contributed by atoms with van der Waals surface area (Å²) in [6, 6.07) is 8.46. The number of hydrogen-bond acceptors (Lipinski definition) is 6. The Morgan fingerprint density at radius 2 is 0.977 bits per heavy atom. The fourth-order valence-corrected chi connectivity index (χ4v) is 7.28. The molecule has 2 fully saturated rings. The van der Waals surface area contributed by atoms with Crippen molar-refractivity contribution in [2.45, 2.75) is 106 Å². The summed E-state index contributed by atoms with van der Waals surface area (Å²) < 4.78 is 11.3. The van der Waals surface area contributed by atoms with E-state index in [-0.39, 0.29) is 22.8 Å². The van der Waals surface area contributed by atoms with Crippen LogP contribution in [0.25, 0.3) is 23.5 Å². The van der Waals surface area contributed by atoms with E-state index in [0.29, 0.717) is 22.7 Å². The predicted molar refractivity (Wildman–Crippen MR) is 173 cm³/mol. The van der Waals surface area contributed by atoms with Gasteiger partial charge in [0.15, 0.2) is 0 Å². The molecular formula is C38H44N2O4. The summed E-state index contributed by atoms with van der Waals surface area (Å²) in [7, 11) is 0. The molecule has 0 N–H and O–H groups in total. The lowest BCUT2D eigenvalue weighted by atomic mass is 9.81. The summed E-state index contributed by atoms with van der Waals surface area (Å²) in [6.07, 6.45) is 15.5. The number of allylic oxidation sites excluding steroid dienone is 2. The molecule has 0 unspecified atom stereocenters. The molecule has 2 aliphatic heterocycles. The van der Waals surface area contributed by atoms with Crippen LogP contribution in [0.1, 0.15) is 115 Å². The molecule has 2 aromatic rings. The summed E-state index contributed by atoms with van der Waals surface area (Å²) in [5.41, 5.74) is 8.89. The van der Waals surface area contributed by atoms with Crippen molar-refractivity contribution in [3.63, 3.8) is 0 Å². The number of pyridine rings is 2. The van der Waals surface area contributed by atoms with Crippen LogP contribution in [0.15, 0.2) is 58.1 Å². The van der Waals surface area contributed by atoms with Gasteiger partial charge in [0.25, 0.3) is 0 Å². The highest BCUT2D eigenvalue weighted by atomic mass is 16.5. The van der Waals surface area contributed by atoms with Crippen molar-refractivity contribution < 1.29 is 19.1 Å². The standard InChI is InChI=1S/C38H44N2O4/c1-23-25(3)35(41)43-33(23)19-31-27(21-37(5)15-7-8-16-37)11-13-29(39-31)30-14-12-28(22-38(6)17-9-10-18-38)32(40-30)20-34-24(2)26(4)36(42)44-34/h11-14,19-20H,7-10,15-18,21-22H2,1-6H3/b33-19-,34-20-. The van der Waals surface area contributed by atoms with Crippen LogP contribution < -0.4 is 0 Å². The van der Waals surface area contributed by atoms with Gasteiger partial charge in [-0.25, -0.2) is 19.6 Å². The minimum atomic E-state index is -0.299. The van der Waals surface area contributed by atoms with Crippen LogP contribution in [0.4, 0.5) is 0 Å². The molecule has 6 nitrogen and oxygen atoms in total. The Balaban J connectivity index is 1.43. The maximum atomic E-state index is 12.3. The minimum absolute atomic E-state index is 0.238. The highest BCUT2D eigenvalue weighted by Gasteiger charge is 2.32. The van der Waals surface area contributed by atoms with Crippen molar-refractivity contribution >= 4 is 24.1 Å². The largest absolute Gasteiger partial charge is 0.423 e. The fourth-order valence-electron chi connectivity index (χ4n) is 7.28. The van der Waals surface area contributed by atoms with E-state index in [9.17, 15) is 9.59 Å². The first-order valence-corrected chi connectivity index (χ1v) is 16.2. The Morgan fingerprint density at radius 3 is 1.30 bits per heavy atom. The predicted octanol–water partition coefficient (Wildman–Crippen LogP) is 8.86. The molecule has 0 radical (unpaired) electrons. The highest BCUT2D eigenvalue weighted by molar-refractivity contribution is 5.95. The molecule has 0 amide bonds. The van der Waals surface area contributed by atoms with Gasteiger partial charge in [-0.3, -0.25) is 0 Å². The maximum Gasteiger partial charge on any atom is 0.339 e. The lowest BCUT2D eigenvalue weighted by molar-refractivity contribution is -0.133.